The van der Waals surface area contributed by atoms with E-state index in [1.54, 1.807) is 37.4 Å². The molecule has 24 heavy (non-hydrogen) atoms. The second-order valence-corrected chi connectivity index (χ2v) is 4.88. The van der Waals surface area contributed by atoms with Gasteiger partial charge in [-0.05, 0) is 18.2 Å². The first-order chi connectivity index (χ1) is 10.6. The van der Waals surface area contributed by atoms with Gasteiger partial charge in [-0.2, -0.15) is 0 Å². The van der Waals surface area contributed by atoms with Gasteiger partial charge < -0.3 is 15.8 Å². The van der Waals surface area contributed by atoms with Crippen molar-refractivity contribution in [3.63, 3.8) is 0 Å². The number of carbonyl (C=O) groups is 1. The Morgan fingerprint density at radius 3 is 2.75 bits per heavy atom. The number of hydrogen-bond donors (Lipinski definition) is 2. The quantitative estimate of drug-likeness (QED) is 0.813. The van der Waals surface area contributed by atoms with Crippen LogP contribution in [0.1, 0.15) is 12.5 Å². The van der Waals surface area contributed by atoms with Crippen LogP contribution in [0.3, 0.4) is 0 Å². The smallest absolute Gasteiger partial charge is 0.224 e. The summed E-state index contributed by atoms with van der Waals surface area (Å²) in [5, 5.41) is 2.77. The molecule has 2 aromatic rings. The van der Waals surface area contributed by atoms with E-state index in [-0.39, 0.29) is 55.5 Å². The lowest BCUT2D eigenvalue weighted by Gasteiger charge is -2.12. The van der Waals surface area contributed by atoms with Gasteiger partial charge in [0.05, 0.1) is 0 Å². The number of ether oxygens (including phenoxy) is 1. The molecule has 1 amide bonds. The maximum atomic E-state index is 13.2. The molecular weight excluding hydrogens is 356 g/mol. The Hall–Kier alpha value is -1.89. The highest BCUT2D eigenvalue weighted by Crippen LogP contribution is 2.23. The van der Waals surface area contributed by atoms with Crippen LogP contribution in [0.15, 0.2) is 42.6 Å². The maximum Gasteiger partial charge on any atom is 0.224 e. The van der Waals surface area contributed by atoms with Crippen LogP contribution in [0.25, 0.3) is 0 Å². The lowest BCUT2D eigenvalue weighted by molar-refractivity contribution is -0.124. The van der Waals surface area contributed by atoms with E-state index in [9.17, 15) is 9.18 Å². The molecule has 0 aliphatic heterocycles. The first-order valence-electron chi connectivity index (χ1n) is 6.95. The predicted molar refractivity (Wildman–Crippen MR) is 95.3 cm³/mol. The molecule has 0 aliphatic carbocycles. The molecule has 8 heteroatoms. The minimum Gasteiger partial charge on any atom is -0.439 e. The molecule has 3 N–H and O–H groups in total. The summed E-state index contributed by atoms with van der Waals surface area (Å²) in [5.41, 5.74) is 6.15. The zero-order valence-electron chi connectivity index (χ0n) is 13.1. The number of amides is 1. The van der Waals surface area contributed by atoms with Gasteiger partial charge in [0.15, 0.2) is 0 Å². The second-order valence-electron chi connectivity index (χ2n) is 4.88. The van der Waals surface area contributed by atoms with Gasteiger partial charge in [0.2, 0.25) is 11.8 Å². The molecular formula is C16H20Cl2FN3O2. The molecule has 0 aliphatic rings. The van der Waals surface area contributed by atoms with E-state index < -0.39 is 0 Å². The zero-order chi connectivity index (χ0) is 15.9. The predicted octanol–water partition coefficient (Wildman–Crippen LogP) is 3.07. The molecule has 1 atom stereocenters. The van der Waals surface area contributed by atoms with Crippen molar-refractivity contribution in [1.29, 1.82) is 0 Å². The average molecular weight is 376 g/mol. The Kier molecular flexibility index (Phi) is 9.95. The molecule has 132 valence electrons. The lowest BCUT2D eigenvalue weighted by atomic mass is 10.1. The summed E-state index contributed by atoms with van der Waals surface area (Å²) >= 11 is 0. The molecule has 1 unspecified atom stereocenters. The Balaban J connectivity index is 0.00000264. The van der Waals surface area contributed by atoms with Crippen molar-refractivity contribution >= 4 is 30.7 Å². The van der Waals surface area contributed by atoms with Crippen molar-refractivity contribution in [2.24, 2.45) is 11.7 Å². The van der Waals surface area contributed by atoms with Gasteiger partial charge in [0.25, 0.3) is 0 Å². The largest absolute Gasteiger partial charge is 0.439 e. The van der Waals surface area contributed by atoms with E-state index in [1.807, 2.05) is 0 Å². The molecule has 0 saturated carbocycles. The Morgan fingerprint density at radius 1 is 1.33 bits per heavy atom. The number of nitrogens with two attached hydrogens (primary N) is 1. The van der Waals surface area contributed by atoms with Crippen LogP contribution in [0.2, 0.25) is 0 Å². The highest BCUT2D eigenvalue weighted by Gasteiger charge is 2.12. The Bertz CT molecular complexity index is 659. The minimum absolute atomic E-state index is 0. The van der Waals surface area contributed by atoms with Gasteiger partial charge in [-0.15, -0.1) is 24.8 Å². The van der Waals surface area contributed by atoms with E-state index in [1.165, 1.54) is 12.1 Å². The van der Waals surface area contributed by atoms with Crippen molar-refractivity contribution < 1.29 is 13.9 Å². The fourth-order valence-corrected chi connectivity index (χ4v) is 1.76. The van der Waals surface area contributed by atoms with E-state index in [0.717, 1.165) is 0 Å². The van der Waals surface area contributed by atoms with Crippen LogP contribution in [-0.2, 0) is 11.3 Å². The summed E-state index contributed by atoms with van der Waals surface area (Å²) in [6.07, 6.45) is 1.57. The van der Waals surface area contributed by atoms with Crippen LogP contribution in [0, 0.1) is 11.7 Å². The summed E-state index contributed by atoms with van der Waals surface area (Å²) in [6.45, 7) is 2.30. The number of halogens is 3. The molecule has 5 nitrogen and oxygen atoms in total. The first-order valence-corrected chi connectivity index (χ1v) is 6.95. The number of nitrogens with one attached hydrogen (secondary N) is 1. The maximum absolute atomic E-state index is 13.2. The van der Waals surface area contributed by atoms with Gasteiger partial charge in [-0.25, -0.2) is 9.37 Å². The topological polar surface area (TPSA) is 77.2 Å². The van der Waals surface area contributed by atoms with E-state index in [0.29, 0.717) is 17.2 Å². The fraction of sp³-hybridized carbons (Fsp3) is 0.250. The highest BCUT2D eigenvalue weighted by molar-refractivity contribution is 5.85. The monoisotopic (exact) mass is 375 g/mol. The van der Waals surface area contributed by atoms with Crippen molar-refractivity contribution in [1.82, 2.24) is 10.3 Å². The van der Waals surface area contributed by atoms with Gasteiger partial charge in [0.1, 0.15) is 11.6 Å². The third-order valence-corrected chi connectivity index (χ3v) is 3.11. The summed E-state index contributed by atoms with van der Waals surface area (Å²) in [7, 11) is 0. The van der Waals surface area contributed by atoms with Crippen LogP contribution >= 0.6 is 24.8 Å². The van der Waals surface area contributed by atoms with Crippen LogP contribution in [0.5, 0.6) is 11.6 Å². The van der Waals surface area contributed by atoms with E-state index in [2.05, 4.69) is 10.3 Å². The fourth-order valence-electron chi connectivity index (χ4n) is 1.76. The number of aromatic nitrogens is 1. The molecule has 0 bridgehead atoms. The molecule has 0 spiro atoms. The van der Waals surface area contributed by atoms with Gasteiger partial charge in [0, 0.05) is 36.8 Å². The van der Waals surface area contributed by atoms with Gasteiger partial charge in [-0.3, -0.25) is 4.79 Å². The number of rotatable bonds is 6. The summed E-state index contributed by atoms with van der Waals surface area (Å²) in [6, 6.07) is 9.32. The summed E-state index contributed by atoms with van der Waals surface area (Å²) < 4.78 is 18.8. The third kappa shape index (κ3) is 6.31. The van der Waals surface area contributed by atoms with Crippen molar-refractivity contribution in [2.45, 2.75) is 13.5 Å². The normalized spacial score (nSPS) is 10.8. The SMILES string of the molecule is CC(CN)C(=O)NCc1cccnc1Oc1cccc(F)c1.Cl.Cl. The van der Waals surface area contributed by atoms with Crippen molar-refractivity contribution in [3.05, 3.63) is 54.0 Å². The summed E-state index contributed by atoms with van der Waals surface area (Å²) in [4.78, 5) is 15.9. The molecule has 1 heterocycles. The standard InChI is InChI=1S/C16H18FN3O2.2ClH/c1-11(9-18)15(21)20-10-12-4-3-7-19-16(12)22-14-6-2-5-13(17)8-14;;/h2-8,11H,9-10,18H2,1H3,(H,20,21);2*1H. The zero-order valence-corrected chi connectivity index (χ0v) is 14.7. The molecule has 0 radical (unpaired) electrons. The first kappa shape index (κ1) is 22.1. The molecule has 1 aromatic carbocycles. The molecule has 0 saturated heterocycles. The van der Waals surface area contributed by atoms with E-state index in [4.69, 9.17) is 10.5 Å². The van der Waals surface area contributed by atoms with Gasteiger partial charge >= 0.3 is 0 Å². The van der Waals surface area contributed by atoms with Crippen molar-refractivity contribution in [2.75, 3.05) is 6.54 Å². The molecule has 1 aromatic heterocycles. The number of hydrogen-bond acceptors (Lipinski definition) is 4. The number of benzene rings is 1. The Labute approximate surface area is 152 Å². The van der Waals surface area contributed by atoms with Gasteiger partial charge in [-0.1, -0.05) is 19.1 Å². The average Bonchev–Trinajstić information content (AvgIpc) is 2.53. The minimum atomic E-state index is -0.389. The second kappa shape index (κ2) is 10.8. The molecule has 0 fully saturated rings. The number of carbonyl (C=O) groups excluding carboxylic acids is 1. The third-order valence-electron chi connectivity index (χ3n) is 3.11. The summed E-state index contributed by atoms with van der Waals surface area (Å²) in [5.74, 6) is -0.109. The van der Waals surface area contributed by atoms with Crippen LogP contribution < -0.4 is 15.8 Å². The van der Waals surface area contributed by atoms with E-state index >= 15 is 0 Å². The molecule has 2 rings (SSSR count). The van der Waals surface area contributed by atoms with Crippen LogP contribution in [-0.4, -0.2) is 17.4 Å². The highest BCUT2D eigenvalue weighted by atomic mass is 35.5. The number of pyridine rings is 1. The van der Waals surface area contributed by atoms with Crippen LogP contribution in [0.4, 0.5) is 4.39 Å². The number of nitrogens with zero attached hydrogens (tertiary/aromatic N) is 1. The lowest BCUT2D eigenvalue weighted by Crippen LogP contribution is -2.32. The van der Waals surface area contributed by atoms with Crippen molar-refractivity contribution in [3.8, 4) is 11.6 Å². The Morgan fingerprint density at radius 2 is 2.08 bits per heavy atom.